The van der Waals surface area contributed by atoms with E-state index >= 15 is 0 Å². The molecule has 3 aliphatic rings. The van der Waals surface area contributed by atoms with Crippen LogP contribution in [0, 0.1) is 23.2 Å². The molecule has 142 valence electrons. The maximum absolute atomic E-state index is 11.2. The number of aliphatic hydroxyl groups is 3. The van der Waals surface area contributed by atoms with E-state index in [2.05, 4.69) is 26.8 Å². The van der Waals surface area contributed by atoms with Gasteiger partial charge in [0.2, 0.25) is 0 Å². The van der Waals surface area contributed by atoms with Gasteiger partial charge < -0.3 is 20.1 Å². The lowest BCUT2D eigenvalue weighted by Gasteiger charge is -2.41. The Morgan fingerprint density at radius 3 is 2.56 bits per heavy atom. The molecule has 0 aromatic carbocycles. The predicted octanol–water partition coefficient (Wildman–Crippen LogP) is 2.82. The van der Waals surface area contributed by atoms with E-state index in [0.717, 1.165) is 30.4 Å². The van der Waals surface area contributed by atoms with E-state index in [-0.39, 0.29) is 23.9 Å². The lowest BCUT2D eigenvalue weighted by Crippen LogP contribution is -2.44. The monoisotopic (exact) mass is 350 g/mol. The minimum Gasteiger partial charge on any atom is -0.390 e. The highest BCUT2D eigenvalue weighted by Gasteiger charge is 2.52. The van der Waals surface area contributed by atoms with E-state index in [4.69, 9.17) is 4.74 Å². The van der Waals surface area contributed by atoms with Crippen molar-refractivity contribution >= 4 is 0 Å². The van der Waals surface area contributed by atoms with Crippen molar-refractivity contribution in [3.63, 3.8) is 0 Å². The summed E-state index contributed by atoms with van der Waals surface area (Å²) in [5, 5.41) is 33.2. The van der Waals surface area contributed by atoms with Crippen LogP contribution in [0.3, 0.4) is 0 Å². The third-order valence-electron chi connectivity index (χ3n) is 7.03. The maximum atomic E-state index is 11.2. The molecule has 0 amide bonds. The summed E-state index contributed by atoms with van der Waals surface area (Å²) in [5.74, 6) is 0.341. The fraction of sp³-hybridized carbons (Fsp3) is 0.810. The van der Waals surface area contributed by atoms with Gasteiger partial charge in [-0.3, -0.25) is 0 Å². The SMILES string of the molecule is COC[C@]1(O)CC[C@@H]2C1=C[C@@]1(C)CCC(C(C)C)=C1[C@H](O)[C@@H](O)[C@@H]2C. The van der Waals surface area contributed by atoms with Crippen molar-refractivity contribution in [2.45, 2.75) is 71.2 Å². The Kier molecular flexibility index (Phi) is 4.95. The summed E-state index contributed by atoms with van der Waals surface area (Å²) in [5.41, 5.74) is 2.01. The first-order valence-electron chi connectivity index (χ1n) is 9.68. The van der Waals surface area contributed by atoms with Crippen molar-refractivity contribution in [1.82, 2.24) is 0 Å². The number of ether oxygens (including phenoxy) is 1. The zero-order valence-corrected chi connectivity index (χ0v) is 16.2. The van der Waals surface area contributed by atoms with Gasteiger partial charge in [-0.2, -0.15) is 0 Å². The molecule has 3 aliphatic carbocycles. The molecular weight excluding hydrogens is 316 g/mol. The lowest BCUT2D eigenvalue weighted by molar-refractivity contribution is -0.0213. The van der Waals surface area contributed by atoms with Crippen molar-refractivity contribution in [2.75, 3.05) is 13.7 Å². The van der Waals surface area contributed by atoms with Crippen LogP contribution in [0.2, 0.25) is 0 Å². The Bertz CT molecular complexity index is 593. The second-order valence-electron chi connectivity index (χ2n) is 9.02. The number of hydrogen-bond acceptors (Lipinski definition) is 4. The molecular formula is C21H34O4. The molecule has 0 radical (unpaired) electrons. The summed E-state index contributed by atoms with van der Waals surface area (Å²) in [6.07, 6.45) is 3.93. The van der Waals surface area contributed by atoms with Crippen molar-refractivity contribution < 1.29 is 20.1 Å². The Labute approximate surface area is 151 Å². The summed E-state index contributed by atoms with van der Waals surface area (Å²) in [4.78, 5) is 0. The van der Waals surface area contributed by atoms with Gasteiger partial charge in [-0.1, -0.05) is 39.3 Å². The Hall–Kier alpha value is -0.680. The number of rotatable bonds is 3. The topological polar surface area (TPSA) is 69.9 Å². The molecule has 4 heteroatoms. The van der Waals surface area contributed by atoms with Crippen LogP contribution in [0.4, 0.5) is 0 Å². The van der Waals surface area contributed by atoms with Gasteiger partial charge in [0.05, 0.1) is 12.7 Å². The van der Waals surface area contributed by atoms with Crippen LogP contribution in [-0.2, 0) is 4.74 Å². The number of fused-ring (bicyclic) bond motifs is 2. The molecule has 1 fully saturated rings. The zero-order chi connectivity index (χ0) is 18.6. The molecule has 3 rings (SSSR count). The normalized spacial score (nSPS) is 44.4. The summed E-state index contributed by atoms with van der Waals surface area (Å²) in [7, 11) is 1.62. The second kappa shape index (κ2) is 6.49. The minimum absolute atomic E-state index is 0.0891. The first-order valence-corrected chi connectivity index (χ1v) is 9.68. The number of hydrogen-bond donors (Lipinski definition) is 3. The quantitative estimate of drug-likeness (QED) is 0.685. The van der Waals surface area contributed by atoms with Crippen LogP contribution in [-0.4, -0.2) is 46.8 Å². The van der Waals surface area contributed by atoms with Crippen LogP contribution in [0.25, 0.3) is 0 Å². The van der Waals surface area contributed by atoms with Gasteiger partial charge >= 0.3 is 0 Å². The number of aliphatic hydroxyl groups excluding tert-OH is 2. The Morgan fingerprint density at radius 1 is 1.28 bits per heavy atom. The zero-order valence-electron chi connectivity index (χ0n) is 16.2. The van der Waals surface area contributed by atoms with E-state index in [0.29, 0.717) is 12.3 Å². The van der Waals surface area contributed by atoms with Crippen molar-refractivity contribution in [1.29, 1.82) is 0 Å². The van der Waals surface area contributed by atoms with Gasteiger partial charge in [0.15, 0.2) is 0 Å². The summed E-state index contributed by atoms with van der Waals surface area (Å²) >= 11 is 0. The van der Waals surface area contributed by atoms with Crippen LogP contribution in [0.5, 0.6) is 0 Å². The average Bonchev–Trinajstić information content (AvgIpc) is 3.04. The third-order valence-corrected chi connectivity index (χ3v) is 7.03. The van der Waals surface area contributed by atoms with Crippen LogP contribution in [0.15, 0.2) is 22.8 Å². The predicted molar refractivity (Wildman–Crippen MR) is 98.0 cm³/mol. The molecule has 0 aliphatic heterocycles. The molecule has 0 saturated heterocycles. The van der Waals surface area contributed by atoms with Gasteiger partial charge in [0, 0.05) is 12.5 Å². The van der Waals surface area contributed by atoms with Crippen LogP contribution in [0.1, 0.15) is 53.4 Å². The van der Waals surface area contributed by atoms with Crippen molar-refractivity contribution in [3.05, 3.63) is 22.8 Å². The van der Waals surface area contributed by atoms with Crippen molar-refractivity contribution in [3.8, 4) is 0 Å². The molecule has 0 unspecified atom stereocenters. The molecule has 3 N–H and O–H groups in total. The van der Waals surface area contributed by atoms with Crippen LogP contribution < -0.4 is 0 Å². The number of allylic oxidation sites excluding steroid dienone is 2. The third kappa shape index (κ3) is 2.91. The second-order valence-corrected chi connectivity index (χ2v) is 9.02. The molecule has 0 bridgehead atoms. The largest absolute Gasteiger partial charge is 0.390 e. The molecule has 1 saturated carbocycles. The van der Waals surface area contributed by atoms with E-state index in [1.165, 1.54) is 5.57 Å². The lowest BCUT2D eigenvalue weighted by atomic mass is 9.68. The van der Waals surface area contributed by atoms with E-state index in [1.807, 2.05) is 6.92 Å². The van der Waals surface area contributed by atoms with Gasteiger partial charge in [-0.25, -0.2) is 0 Å². The highest BCUT2D eigenvalue weighted by Crippen LogP contribution is 2.55. The first-order chi connectivity index (χ1) is 11.6. The first kappa shape index (κ1) is 19.1. The highest BCUT2D eigenvalue weighted by atomic mass is 16.5. The standard InChI is InChI=1S/C21H34O4/c1-12(2)14-6-8-20(4)10-16-15(7-9-21(16,24)11-25-5)13(3)18(22)19(23)17(14)20/h10,12-13,15,18-19,22-24H,6-9,11H2,1-5H3/t13-,15+,18+,19+,20-,21-/m1/s1. The fourth-order valence-corrected chi connectivity index (χ4v) is 5.57. The molecule has 25 heavy (non-hydrogen) atoms. The Morgan fingerprint density at radius 2 is 1.96 bits per heavy atom. The summed E-state index contributed by atoms with van der Waals surface area (Å²) in [6, 6.07) is 0. The smallest absolute Gasteiger partial charge is 0.109 e. The fourth-order valence-electron chi connectivity index (χ4n) is 5.57. The maximum Gasteiger partial charge on any atom is 0.109 e. The molecule has 0 aromatic rings. The van der Waals surface area contributed by atoms with E-state index in [1.54, 1.807) is 7.11 Å². The van der Waals surface area contributed by atoms with Crippen molar-refractivity contribution in [2.24, 2.45) is 23.2 Å². The minimum atomic E-state index is -0.954. The Balaban J connectivity index is 2.18. The molecule has 0 heterocycles. The molecule has 6 atom stereocenters. The average molecular weight is 350 g/mol. The number of methoxy groups -OCH3 is 1. The van der Waals surface area contributed by atoms with Gasteiger partial charge in [-0.05, 0) is 54.6 Å². The molecule has 0 spiro atoms. The van der Waals surface area contributed by atoms with Gasteiger partial charge in [0.1, 0.15) is 11.7 Å². The van der Waals surface area contributed by atoms with E-state index in [9.17, 15) is 15.3 Å². The van der Waals surface area contributed by atoms with Gasteiger partial charge in [0.25, 0.3) is 0 Å². The molecule has 0 aromatic heterocycles. The van der Waals surface area contributed by atoms with Gasteiger partial charge in [-0.15, -0.1) is 0 Å². The molecule has 4 nitrogen and oxygen atoms in total. The van der Waals surface area contributed by atoms with E-state index < -0.39 is 17.8 Å². The summed E-state index contributed by atoms with van der Waals surface area (Å²) < 4.78 is 5.32. The van der Waals surface area contributed by atoms with Crippen LogP contribution >= 0.6 is 0 Å². The summed E-state index contributed by atoms with van der Waals surface area (Å²) in [6.45, 7) is 8.74. The highest BCUT2D eigenvalue weighted by molar-refractivity contribution is 5.42.